The lowest BCUT2D eigenvalue weighted by molar-refractivity contribution is 0.368. The molecule has 25 heavy (non-hydrogen) atoms. The van der Waals surface area contributed by atoms with Gasteiger partial charge in [0, 0.05) is 17.7 Å². The van der Waals surface area contributed by atoms with Crippen molar-refractivity contribution >= 4 is 11.1 Å². The zero-order chi connectivity index (χ0) is 17.6. The molecular formula is C18H17N3O3S. The van der Waals surface area contributed by atoms with Crippen molar-refractivity contribution < 1.29 is 13.3 Å². The highest BCUT2D eigenvalue weighted by Gasteiger charge is 2.62. The van der Waals surface area contributed by atoms with Crippen LogP contribution in [0.4, 0.5) is 0 Å². The lowest BCUT2D eigenvalue weighted by Crippen LogP contribution is -1.95. The Balaban J connectivity index is 1.61. The van der Waals surface area contributed by atoms with E-state index in [1.807, 2.05) is 36.4 Å². The van der Waals surface area contributed by atoms with Crippen molar-refractivity contribution in [2.75, 3.05) is 0 Å². The summed E-state index contributed by atoms with van der Waals surface area (Å²) in [5, 5.41) is 4.26. The average Bonchev–Trinajstić information content (AvgIpc) is 2.96. The van der Waals surface area contributed by atoms with E-state index < -0.39 is 11.1 Å². The monoisotopic (exact) mass is 355 g/mol. The van der Waals surface area contributed by atoms with E-state index in [2.05, 4.69) is 29.0 Å². The molecule has 6 nitrogen and oxygen atoms in total. The van der Waals surface area contributed by atoms with E-state index in [4.69, 9.17) is 9.08 Å². The number of rotatable bonds is 4. The maximum absolute atomic E-state index is 11.1. The predicted molar refractivity (Wildman–Crippen MR) is 92.3 cm³/mol. The van der Waals surface area contributed by atoms with Crippen molar-refractivity contribution in [3.63, 3.8) is 0 Å². The van der Waals surface area contributed by atoms with Gasteiger partial charge in [0.1, 0.15) is 0 Å². The zero-order valence-corrected chi connectivity index (χ0v) is 14.6. The van der Waals surface area contributed by atoms with Crippen LogP contribution in [0, 0.1) is 5.41 Å². The smallest absolute Gasteiger partial charge is 0.231 e. The second-order valence-corrected chi connectivity index (χ2v) is 7.69. The fraction of sp³-hybridized carbons (Fsp3) is 0.278. The van der Waals surface area contributed by atoms with Gasteiger partial charge in [-0.15, -0.1) is 0 Å². The van der Waals surface area contributed by atoms with Crippen LogP contribution in [0.3, 0.4) is 0 Å². The fourth-order valence-corrected chi connectivity index (χ4v) is 3.79. The molecule has 0 bridgehead atoms. The third-order valence-corrected chi connectivity index (χ3v) is 5.46. The zero-order valence-electron chi connectivity index (χ0n) is 13.8. The molecular weight excluding hydrogens is 338 g/mol. The molecule has 1 unspecified atom stereocenters. The third kappa shape index (κ3) is 2.79. The van der Waals surface area contributed by atoms with Crippen LogP contribution in [0.25, 0.3) is 11.4 Å². The van der Waals surface area contributed by atoms with Crippen molar-refractivity contribution in [3.05, 3.63) is 60.1 Å². The summed E-state index contributed by atoms with van der Waals surface area (Å²) in [6.07, 6.45) is 1.66. The molecule has 1 aliphatic rings. The Labute approximate surface area is 147 Å². The van der Waals surface area contributed by atoms with Crippen LogP contribution in [0.2, 0.25) is 0 Å². The van der Waals surface area contributed by atoms with Crippen LogP contribution in [0.5, 0.6) is 0 Å². The SMILES string of the molecule is CC1(C)[C@@H](c2ccc(S(=O)O)nc2)[C@@H]1c1nc(-c2ccccc2)no1. The second-order valence-electron chi connectivity index (χ2n) is 6.78. The summed E-state index contributed by atoms with van der Waals surface area (Å²) in [6.45, 7) is 4.29. The first-order valence-corrected chi connectivity index (χ1v) is 9.05. The Morgan fingerprint density at radius 2 is 1.88 bits per heavy atom. The summed E-state index contributed by atoms with van der Waals surface area (Å²) in [5.41, 5.74) is 1.88. The minimum Gasteiger partial charge on any atom is -0.339 e. The number of hydrogen-bond donors (Lipinski definition) is 1. The third-order valence-electron chi connectivity index (χ3n) is 4.86. The van der Waals surface area contributed by atoms with Gasteiger partial charge in [-0.1, -0.05) is 55.4 Å². The number of pyridine rings is 1. The second kappa shape index (κ2) is 5.86. The van der Waals surface area contributed by atoms with E-state index in [-0.39, 0.29) is 22.3 Å². The van der Waals surface area contributed by atoms with Crippen LogP contribution >= 0.6 is 0 Å². The van der Waals surface area contributed by atoms with Gasteiger partial charge in [-0.2, -0.15) is 4.98 Å². The number of benzene rings is 1. The molecule has 128 valence electrons. The molecule has 0 radical (unpaired) electrons. The van der Waals surface area contributed by atoms with E-state index in [9.17, 15) is 4.21 Å². The van der Waals surface area contributed by atoms with Gasteiger partial charge in [-0.3, -0.25) is 0 Å². The lowest BCUT2D eigenvalue weighted by Gasteiger charge is -2.02. The number of nitrogens with zero attached hydrogens (tertiary/aromatic N) is 3. The maximum Gasteiger partial charge on any atom is 0.231 e. The van der Waals surface area contributed by atoms with Crippen LogP contribution in [-0.2, 0) is 11.1 Å². The van der Waals surface area contributed by atoms with E-state index >= 15 is 0 Å². The van der Waals surface area contributed by atoms with E-state index in [1.54, 1.807) is 12.3 Å². The summed E-state index contributed by atoms with van der Waals surface area (Å²) in [4.78, 5) is 8.64. The van der Waals surface area contributed by atoms with Gasteiger partial charge in [-0.25, -0.2) is 9.19 Å². The molecule has 1 aliphatic carbocycles. The Morgan fingerprint density at radius 3 is 2.52 bits per heavy atom. The van der Waals surface area contributed by atoms with Gasteiger partial charge >= 0.3 is 0 Å². The molecule has 0 aliphatic heterocycles. The van der Waals surface area contributed by atoms with Gasteiger partial charge in [-0.05, 0) is 17.0 Å². The maximum atomic E-state index is 11.1. The molecule has 1 aromatic carbocycles. The topological polar surface area (TPSA) is 89.1 Å². The van der Waals surface area contributed by atoms with Crippen LogP contribution < -0.4 is 0 Å². The minimum atomic E-state index is -2.06. The summed E-state index contributed by atoms with van der Waals surface area (Å²) in [6, 6.07) is 13.1. The quantitative estimate of drug-likeness (QED) is 0.719. The van der Waals surface area contributed by atoms with Gasteiger partial charge in [0.2, 0.25) is 22.8 Å². The molecule has 3 atom stereocenters. The summed E-state index contributed by atoms with van der Waals surface area (Å²) < 4.78 is 25.7. The first kappa shape index (κ1) is 16.1. The standard InChI is InChI=1S/C18H17N3O3S/c1-18(2)14(12-8-9-13(19-10-12)25(22)23)15(18)17-20-16(21-24-17)11-6-4-3-5-7-11/h3-10,14-15H,1-2H3,(H,22,23)/t14-,15+/m0/s1. The highest BCUT2D eigenvalue weighted by atomic mass is 32.2. The summed E-state index contributed by atoms with van der Waals surface area (Å²) >= 11 is -2.06. The van der Waals surface area contributed by atoms with Crippen molar-refractivity contribution in [2.45, 2.75) is 30.7 Å². The van der Waals surface area contributed by atoms with Crippen molar-refractivity contribution in [2.24, 2.45) is 5.41 Å². The highest BCUT2D eigenvalue weighted by Crippen LogP contribution is 2.69. The van der Waals surface area contributed by atoms with Gasteiger partial charge < -0.3 is 9.08 Å². The average molecular weight is 355 g/mol. The van der Waals surface area contributed by atoms with Crippen molar-refractivity contribution in [1.82, 2.24) is 15.1 Å². The van der Waals surface area contributed by atoms with E-state index in [0.717, 1.165) is 11.1 Å². The fourth-order valence-electron chi connectivity index (χ4n) is 3.47. The molecule has 1 N–H and O–H groups in total. The number of aromatic nitrogens is 3. The van der Waals surface area contributed by atoms with Crippen LogP contribution in [0.1, 0.15) is 37.1 Å². The Morgan fingerprint density at radius 1 is 1.12 bits per heavy atom. The molecule has 2 aromatic heterocycles. The largest absolute Gasteiger partial charge is 0.339 e. The highest BCUT2D eigenvalue weighted by molar-refractivity contribution is 7.79. The molecule has 1 saturated carbocycles. The summed E-state index contributed by atoms with van der Waals surface area (Å²) in [7, 11) is 0. The molecule has 1 fully saturated rings. The molecule has 2 heterocycles. The number of hydrogen-bond acceptors (Lipinski definition) is 5. The summed E-state index contributed by atoms with van der Waals surface area (Å²) in [5.74, 6) is 1.49. The molecule has 0 spiro atoms. The molecule has 7 heteroatoms. The van der Waals surface area contributed by atoms with Crippen molar-refractivity contribution in [1.29, 1.82) is 0 Å². The van der Waals surface area contributed by atoms with Gasteiger partial charge in [0.15, 0.2) is 5.03 Å². The molecule has 0 saturated heterocycles. The molecule has 3 aromatic rings. The molecule has 0 amide bonds. The van der Waals surface area contributed by atoms with E-state index in [0.29, 0.717) is 11.7 Å². The molecule has 4 rings (SSSR count). The van der Waals surface area contributed by atoms with Crippen molar-refractivity contribution in [3.8, 4) is 11.4 Å². The normalized spacial score (nSPS) is 22.5. The van der Waals surface area contributed by atoms with Crippen LogP contribution in [0.15, 0.2) is 58.2 Å². The Bertz CT molecular complexity index is 922. The van der Waals surface area contributed by atoms with Gasteiger partial charge in [0.25, 0.3) is 0 Å². The van der Waals surface area contributed by atoms with Gasteiger partial charge in [0.05, 0.1) is 5.92 Å². The van der Waals surface area contributed by atoms with Crippen LogP contribution in [-0.4, -0.2) is 23.9 Å². The van der Waals surface area contributed by atoms with E-state index in [1.165, 1.54) is 0 Å². The first-order valence-electron chi connectivity index (χ1n) is 7.94. The lowest BCUT2D eigenvalue weighted by atomic mass is 10.1. The predicted octanol–water partition coefficient (Wildman–Crippen LogP) is 3.62. The Hall–Kier alpha value is -2.38. The minimum absolute atomic E-state index is 0.0396. The Kier molecular flexibility index (Phi) is 3.77. The first-order chi connectivity index (χ1) is 12.0.